The number of rotatable bonds is 6. The zero-order valence-electron chi connectivity index (χ0n) is 16.7. The predicted molar refractivity (Wildman–Crippen MR) is 106 cm³/mol. The van der Waals surface area contributed by atoms with E-state index in [2.05, 4.69) is 10.3 Å². The second-order valence-electron chi connectivity index (χ2n) is 7.51. The fourth-order valence-electron chi connectivity index (χ4n) is 3.90. The molecule has 156 valence electrons. The molecule has 0 unspecified atom stereocenters. The summed E-state index contributed by atoms with van der Waals surface area (Å²) >= 11 is 0. The van der Waals surface area contributed by atoms with Crippen molar-refractivity contribution in [1.82, 2.24) is 15.2 Å². The van der Waals surface area contributed by atoms with Crippen molar-refractivity contribution in [3.05, 3.63) is 29.5 Å². The van der Waals surface area contributed by atoms with Gasteiger partial charge in [-0.15, -0.1) is 0 Å². The molecule has 0 radical (unpaired) electrons. The number of aryl methyl sites for hydroxylation is 1. The lowest BCUT2D eigenvalue weighted by Gasteiger charge is -2.19. The number of amides is 3. The van der Waals surface area contributed by atoms with Crippen LogP contribution in [-0.2, 0) is 9.59 Å². The topological polar surface area (TPSA) is 138 Å². The average Bonchev–Trinajstić information content (AvgIpc) is 3.20. The number of hydrogen-bond donors (Lipinski definition) is 4. The van der Waals surface area contributed by atoms with Gasteiger partial charge < -0.3 is 30.8 Å². The zero-order valence-corrected chi connectivity index (χ0v) is 16.7. The van der Waals surface area contributed by atoms with Crippen LogP contribution in [0.4, 0.5) is 0 Å². The Hall–Kier alpha value is -3.07. The Labute approximate surface area is 168 Å². The maximum absolute atomic E-state index is 12.8. The Morgan fingerprint density at radius 3 is 2.72 bits per heavy atom. The summed E-state index contributed by atoms with van der Waals surface area (Å²) in [5.41, 5.74) is 7.11. The normalized spacial score (nSPS) is 21.2. The minimum Gasteiger partial charge on any atom is -0.497 e. The Kier molecular flexibility index (Phi) is 5.78. The highest BCUT2D eigenvalue weighted by Gasteiger charge is 2.39. The Morgan fingerprint density at radius 1 is 1.34 bits per heavy atom. The molecule has 0 saturated heterocycles. The van der Waals surface area contributed by atoms with Crippen LogP contribution in [0, 0.1) is 12.8 Å². The largest absolute Gasteiger partial charge is 0.497 e. The highest BCUT2D eigenvalue weighted by Crippen LogP contribution is 2.29. The summed E-state index contributed by atoms with van der Waals surface area (Å²) in [4.78, 5) is 40.6. The number of aromatic nitrogens is 1. The summed E-state index contributed by atoms with van der Waals surface area (Å²) in [6.07, 6.45) is -0.336. The number of carbonyl (C=O) groups is 3. The van der Waals surface area contributed by atoms with Crippen molar-refractivity contribution in [2.75, 3.05) is 20.7 Å². The van der Waals surface area contributed by atoms with Crippen molar-refractivity contribution in [3.8, 4) is 5.75 Å². The van der Waals surface area contributed by atoms with Crippen molar-refractivity contribution in [1.29, 1.82) is 0 Å². The summed E-state index contributed by atoms with van der Waals surface area (Å²) in [5.74, 6) is -1.00. The van der Waals surface area contributed by atoms with Gasteiger partial charge in [0.25, 0.3) is 5.91 Å². The number of fused-ring (bicyclic) bond motifs is 1. The number of aliphatic hydroxyl groups is 1. The van der Waals surface area contributed by atoms with Crippen molar-refractivity contribution in [2.45, 2.75) is 31.9 Å². The molecule has 5 N–H and O–H groups in total. The number of hydrogen-bond acceptors (Lipinski definition) is 5. The third kappa shape index (κ3) is 4.19. The van der Waals surface area contributed by atoms with Crippen LogP contribution in [0.15, 0.2) is 18.2 Å². The maximum atomic E-state index is 12.8. The van der Waals surface area contributed by atoms with Gasteiger partial charge in [0, 0.05) is 23.9 Å². The van der Waals surface area contributed by atoms with E-state index in [1.54, 1.807) is 13.2 Å². The molecule has 1 aromatic heterocycles. The van der Waals surface area contributed by atoms with Gasteiger partial charge in [-0.25, -0.2) is 0 Å². The fraction of sp³-hybridized carbons (Fsp3) is 0.450. The molecule has 2 aromatic rings. The molecule has 1 saturated carbocycles. The lowest BCUT2D eigenvalue weighted by atomic mass is 10.1. The van der Waals surface area contributed by atoms with E-state index in [-0.39, 0.29) is 24.8 Å². The molecule has 1 aromatic carbocycles. The number of nitrogens with zero attached hydrogens (tertiary/aromatic N) is 1. The highest BCUT2D eigenvalue weighted by atomic mass is 16.5. The second kappa shape index (κ2) is 8.12. The quantitative estimate of drug-likeness (QED) is 0.551. The summed E-state index contributed by atoms with van der Waals surface area (Å²) < 4.78 is 5.23. The molecule has 3 amide bonds. The van der Waals surface area contributed by atoms with Gasteiger partial charge in [0.15, 0.2) is 0 Å². The van der Waals surface area contributed by atoms with Crippen molar-refractivity contribution >= 4 is 28.6 Å². The number of carbonyl (C=O) groups excluding carboxylic acids is 3. The number of ether oxygens (including phenoxy) is 1. The first-order chi connectivity index (χ1) is 13.7. The Morgan fingerprint density at radius 2 is 2.07 bits per heavy atom. The number of benzene rings is 1. The van der Waals surface area contributed by atoms with Crippen LogP contribution in [0.3, 0.4) is 0 Å². The molecule has 1 aliphatic rings. The molecule has 1 fully saturated rings. The molecule has 3 rings (SSSR count). The van der Waals surface area contributed by atoms with Crippen LogP contribution >= 0.6 is 0 Å². The lowest BCUT2D eigenvalue weighted by Crippen LogP contribution is -2.41. The second-order valence-corrected chi connectivity index (χ2v) is 7.51. The van der Waals surface area contributed by atoms with Crippen molar-refractivity contribution in [3.63, 3.8) is 0 Å². The SMILES string of the molecule is COc1ccc2[nH]c(C(=O)N[C@H]3C[C@H](C(=O)N(C)CC(N)=O)C[C@@H]3O)c(C)c2c1. The molecule has 0 aliphatic heterocycles. The van der Waals surface area contributed by atoms with E-state index in [0.29, 0.717) is 17.9 Å². The Bertz CT molecular complexity index is 954. The first-order valence-corrected chi connectivity index (χ1v) is 9.39. The molecule has 29 heavy (non-hydrogen) atoms. The van der Waals surface area contributed by atoms with E-state index in [9.17, 15) is 19.5 Å². The van der Waals surface area contributed by atoms with Gasteiger partial charge in [0.1, 0.15) is 11.4 Å². The third-order valence-corrected chi connectivity index (χ3v) is 5.46. The van der Waals surface area contributed by atoms with Gasteiger partial charge in [0.2, 0.25) is 11.8 Å². The van der Waals surface area contributed by atoms with E-state index < -0.39 is 24.0 Å². The van der Waals surface area contributed by atoms with Crippen LogP contribution < -0.4 is 15.8 Å². The minimum absolute atomic E-state index is 0.180. The minimum atomic E-state index is -0.848. The molecule has 0 spiro atoms. The fourth-order valence-corrected chi connectivity index (χ4v) is 3.90. The molecule has 1 aliphatic carbocycles. The standard InChI is InChI=1S/C20H26N4O5/c1-10-13-8-12(29-3)4-5-14(13)22-18(10)19(27)23-15-6-11(7-16(15)25)20(28)24(2)9-17(21)26/h4-5,8,11,15-16,22,25H,6-7,9H2,1-3H3,(H2,21,26)(H,23,27)/t11-,15-,16-/m0/s1. The number of aromatic amines is 1. The predicted octanol–water partition coefficient (Wildman–Crippen LogP) is 0.298. The third-order valence-electron chi connectivity index (χ3n) is 5.46. The van der Waals surface area contributed by atoms with E-state index in [4.69, 9.17) is 10.5 Å². The molecule has 3 atom stereocenters. The van der Waals surface area contributed by atoms with Crippen LogP contribution in [0.5, 0.6) is 5.75 Å². The first-order valence-electron chi connectivity index (χ1n) is 9.39. The van der Waals surface area contributed by atoms with E-state index in [1.165, 1.54) is 11.9 Å². The number of aliphatic hydroxyl groups excluding tert-OH is 1. The number of nitrogens with two attached hydrogens (primary N) is 1. The summed E-state index contributed by atoms with van der Waals surface area (Å²) in [5, 5.41) is 14.0. The Balaban J connectivity index is 1.71. The molecular weight excluding hydrogens is 376 g/mol. The first kappa shape index (κ1) is 20.7. The molecule has 9 heteroatoms. The number of H-pyrrole nitrogens is 1. The summed E-state index contributed by atoms with van der Waals surface area (Å²) in [7, 11) is 3.07. The number of likely N-dealkylation sites (N-methyl/N-ethyl adjacent to an activating group) is 1. The average molecular weight is 402 g/mol. The number of nitrogens with one attached hydrogen (secondary N) is 2. The van der Waals surface area contributed by atoms with Gasteiger partial charge in [0.05, 0.1) is 25.8 Å². The van der Waals surface area contributed by atoms with Crippen LogP contribution in [0.1, 0.15) is 28.9 Å². The molecule has 0 bridgehead atoms. The highest BCUT2D eigenvalue weighted by molar-refractivity contribution is 6.01. The van der Waals surface area contributed by atoms with Gasteiger partial charge in [-0.2, -0.15) is 0 Å². The van der Waals surface area contributed by atoms with Crippen LogP contribution in [0.25, 0.3) is 10.9 Å². The molecule has 1 heterocycles. The smallest absolute Gasteiger partial charge is 0.268 e. The van der Waals surface area contributed by atoms with Gasteiger partial charge in [-0.05, 0) is 43.5 Å². The van der Waals surface area contributed by atoms with Crippen LogP contribution in [0.2, 0.25) is 0 Å². The van der Waals surface area contributed by atoms with Crippen LogP contribution in [-0.4, -0.2) is 65.6 Å². The van der Waals surface area contributed by atoms with Crippen molar-refractivity contribution < 1.29 is 24.2 Å². The molecular formula is C20H26N4O5. The van der Waals surface area contributed by atoms with Gasteiger partial charge in [-0.1, -0.05) is 0 Å². The van der Waals surface area contributed by atoms with E-state index >= 15 is 0 Å². The van der Waals surface area contributed by atoms with Crippen molar-refractivity contribution in [2.24, 2.45) is 11.7 Å². The van der Waals surface area contributed by atoms with Gasteiger partial charge >= 0.3 is 0 Å². The maximum Gasteiger partial charge on any atom is 0.268 e. The van der Waals surface area contributed by atoms with E-state index in [0.717, 1.165) is 16.5 Å². The summed E-state index contributed by atoms with van der Waals surface area (Å²) in [6.45, 7) is 1.66. The number of primary amides is 1. The number of methoxy groups -OCH3 is 1. The molecule has 9 nitrogen and oxygen atoms in total. The lowest BCUT2D eigenvalue weighted by molar-refractivity contribution is -0.137. The summed E-state index contributed by atoms with van der Waals surface area (Å²) in [6, 6.07) is 4.94. The van der Waals surface area contributed by atoms with Gasteiger partial charge in [-0.3, -0.25) is 14.4 Å². The monoisotopic (exact) mass is 402 g/mol. The van der Waals surface area contributed by atoms with E-state index in [1.807, 2.05) is 19.1 Å². The zero-order chi connectivity index (χ0) is 21.3.